The number of pyridine rings is 2. The number of anilines is 2. The van der Waals surface area contributed by atoms with E-state index in [1.165, 1.54) is 12.2 Å². The van der Waals surface area contributed by atoms with Crippen LogP contribution in [0.4, 0.5) is 11.6 Å². The van der Waals surface area contributed by atoms with Gasteiger partial charge in [0.05, 0.1) is 43.6 Å². The lowest BCUT2D eigenvalue weighted by molar-refractivity contribution is -0.129. The summed E-state index contributed by atoms with van der Waals surface area (Å²) in [4.78, 5) is 82.3. The second kappa shape index (κ2) is 26.2. The zero-order chi connectivity index (χ0) is 64.1. The van der Waals surface area contributed by atoms with Gasteiger partial charge in [-0.3, -0.25) is 18.0 Å². The van der Waals surface area contributed by atoms with Crippen molar-refractivity contribution >= 4 is 90.3 Å². The highest BCUT2D eigenvalue weighted by Gasteiger charge is 2.36. The van der Waals surface area contributed by atoms with Gasteiger partial charge in [0, 0.05) is 105 Å². The minimum atomic E-state index is -1.20. The minimum absolute atomic E-state index is 0.0216. The molecule has 8 aromatic rings. The Balaban J connectivity index is 0.000000209. The maximum Gasteiger partial charge on any atom is 0.355 e. The van der Waals surface area contributed by atoms with Crippen LogP contribution in [0.2, 0.25) is 10.0 Å². The molecule has 88 heavy (non-hydrogen) atoms. The quantitative estimate of drug-likeness (QED) is 0.106. The maximum atomic E-state index is 14.3. The van der Waals surface area contributed by atoms with Gasteiger partial charge in [-0.15, -0.1) is 0 Å². The summed E-state index contributed by atoms with van der Waals surface area (Å²) in [5.74, 6) is 0.747. The Labute approximate surface area is 529 Å². The molecular formula is C68H76Cl2N10O6S2. The van der Waals surface area contributed by atoms with Gasteiger partial charge in [-0.2, -0.15) is 9.97 Å². The fourth-order valence-electron chi connectivity index (χ4n) is 12.2. The molecule has 6 heterocycles. The molecule has 16 nitrogen and oxygen atoms in total. The van der Waals surface area contributed by atoms with E-state index in [1.807, 2.05) is 168 Å². The standard InChI is InChI=1S/2C34H38ClN5O3S/c2*1-9-29(41)38-17-23(7)39(18-22(38)6)32-27-16-28(35)30(25-13-11-10-12-20(25)4)36-33(27)40(34(42)37-32)31-21(5)14-24(44(8)43)15-26(31)19(2)3/h2*9-16,19,22-23H,1,17-18H2,2-8H3/t2*22-,23+,44?/m11/s1. The lowest BCUT2D eigenvalue weighted by Gasteiger charge is -2.44. The van der Waals surface area contributed by atoms with Gasteiger partial charge in [-0.05, 0) is 149 Å². The van der Waals surface area contributed by atoms with Crippen molar-refractivity contribution in [1.29, 1.82) is 0 Å². The van der Waals surface area contributed by atoms with Crippen LogP contribution < -0.4 is 21.2 Å². The fraction of sp³-hybridized carbons (Fsp3) is 0.353. The number of fused-ring (bicyclic) bond motifs is 2. The molecule has 2 saturated heterocycles. The van der Waals surface area contributed by atoms with Gasteiger partial charge in [0.1, 0.15) is 11.6 Å². The van der Waals surface area contributed by atoms with Crippen molar-refractivity contribution in [2.45, 2.75) is 129 Å². The van der Waals surface area contributed by atoms with E-state index in [0.717, 1.165) is 44.5 Å². The molecule has 0 radical (unpaired) electrons. The van der Waals surface area contributed by atoms with E-state index in [-0.39, 0.29) is 47.8 Å². The van der Waals surface area contributed by atoms with Crippen LogP contribution in [0.25, 0.3) is 56.0 Å². The highest BCUT2D eigenvalue weighted by atomic mass is 35.5. The number of hydrogen-bond donors (Lipinski definition) is 0. The van der Waals surface area contributed by atoms with Crippen molar-refractivity contribution in [3.63, 3.8) is 0 Å². The first-order chi connectivity index (χ1) is 41.7. The van der Waals surface area contributed by atoms with Crippen molar-refractivity contribution < 1.29 is 18.0 Å². The predicted octanol–water partition coefficient (Wildman–Crippen LogP) is 12.4. The smallest absolute Gasteiger partial charge is 0.349 e. The number of hydrogen-bond acceptors (Lipinski definition) is 12. The summed E-state index contributed by atoms with van der Waals surface area (Å²) in [5.41, 5.74) is 9.50. The first kappa shape index (κ1) is 64.8. The Hall–Kier alpha value is -7.64. The molecule has 2 aliphatic rings. The molecule has 0 saturated carbocycles. The molecule has 0 N–H and O–H groups in total. The SMILES string of the molecule is C=CC(=O)N1C[C@H](C)N(c2nc(=O)n(-c3c(C)cc(S(C)=O)cc3C(C)C)c3nc(-c4ccccc4C)c(Cl)cc23)C[C@H]1C.C=CC(=O)N1C[C@H](C)N(c2nc(=O)n(-c3c(C)cc(S(C)=O)cc3C(C)C)c3nc(-c4ccccc4C)c(Cl)cc23)C[C@H]1C. The van der Waals surface area contributed by atoms with E-state index < -0.39 is 33.0 Å². The average Bonchev–Trinajstić information content (AvgIpc) is 0.764. The third-order valence-electron chi connectivity index (χ3n) is 16.8. The third-order valence-corrected chi connectivity index (χ3v) is 19.2. The van der Waals surface area contributed by atoms with Gasteiger partial charge >= 0.3 is 11.4 Å². The van der Waals surface area contributed by atoms with Crippen molar-refractivity contribution in [2.75, 3.05) is 48.5 Å². The monoisotopic (exact) mass is 1260 g/mol. The Morgan fingerprint density at radius 2 is 0.886 bits per heavy atom. The van der Waals surface area contributed by atoms with E-state index in [4.69, 9.17) is 33.2 Å². The Morgan fingerprint density at radius 1 is 0.534 bits per heavy atom. The van der Waals surface area contributed by atoms with Crippen molar-refractivity contribution in [2.24, 2.45) is 0 Å². The number of amides is 2. The van der Waals surface area contributed by atoms with Gasteiger partial charge < -0.3 is 19.6 Å². The van der Waals surface area contributed by atoms with Gasteiger partial charge in [0.25, 0.3) is 0 Å². The number of piperazine rings is 2. The fourth-order valence-corrected chi connectivity index (χ4v) is 13.9. The minimum Gasteiger partial charge on any atom is -0.349 e. The summed E-state index contributed by atoms with van der Waals surface area (Å²) >= 11 is 14.0. The molecule has 10 rings (SSSR count). The summed E-state index contributed by atoms with van der Waals surface area (Å²) in [6.45, 7) is 33.1. The summed E-state index contributed by atoms with van der Waals surface area (Å²) in [5, 5.41) is 2.15. The first-order valence-corrected chi connectivity index (χ1v) is 33.3. The molecule has 2 amide bonds. The van der Waals surface area contributed by atoms with Crippen LogP contribution in [-0.4, -0.2) is 122 Å². The van der Waals surface area contributed by atoms with E-state index in [9.17, 15) is 27.6 Å². The second-order valence-electron chi connectivity index (χ2n) is 23.8. The number of rotatable bonds is 12. The first-order valence-electron chi connectivity index (χ1n) is 29.4. The lowest BCUT2D eigenvalue weighted by Crippen LogP contribution is -2.58. The van der Waals surface area contributed by atoms with Crippen LogP contribution in [0.5, 0.6) is 0 Å². The number of aromatic nitrogens is 6. The topological polar surface area (TPSA) is 177 Å². The molecule has 0 spiro atoms. The van der Waals surface area contributed by atoms with Crippen LogP contribution in [0, 0.1) is 27.7 Å². The Kier molecular flexibility index (Phi) is 19.3. The number of nitrogens with zero attached hydrogens (tertiary/aromatic N) is 10. The highest BCUT2D eigenvalue weighted by Crippen LogP contribution is 2.40. The summed E-state index contributed by atoms with van der Waals surface area (Å²) in [6, 6.07) is 26.4. The number of aryl methyl sites for hydroxylation is 4. The highest BCUT2D eigenvalue weighted by molar-refractivity contribution is 7.84. The number of halogens is 2. The van der Waals surface area contributed by atoms with Crippen LogP contribution in [0.15, 0.2) is 130 Å². The summed E-state index contributed by atoms with van der Waals surface area (Å²) in [6.07, 6.45) is 5.97. The van der Waals surface area contributed by atoms with E-state index in [0.29, 0.717) is 102 Å². The van der Waals surface area contributed by atoms with Crippen molar-refractivity contribution in [3.05, 3.63) is 175 Å². The maximum absolute atomic E-state index is 14.3. The summed E-state index contributed by atoms with van der Waals surface area (Å²) in [7, 11) is -2.39. The van der Waals surface area contributed by atoms with Gasteiger partial charge in [0.15, 0.2) is 11.3 Å². The number of benzene rings is 4. The number of carbonyl (C=O) groups is 2. The van der Waals surface area contributed by atoms with Crippen molar-refractivity contribution in [1.82, 2.24) is 38.9 Å². The molecular weight excluding hydrogens is 1190 g/mol. The number of carbonyl (C=O) groups excluding carboxylic acids is 2. The van der Waals surface area contributed by atoms with Gasteiger partial charge in [-0.1, -0.05) is 113 Å². The predicted molar refractivity (Wildman–Crippen MR) is 359 cm³/mol. The molecule has 4 aromatic carbocycles. The molecule has 460 valence electrons. The van der Waals surface area contributed by atoms with Crippen molar-refractivity contribution in [3.8, 4) is 33.9 Å². The third kappa shape index (κ3) is 12.4. The summed E-state index contributed by atoms with van der Waals surface area (Å²) < 4.78 is 28.2. The van der Waals surface area contributed by atoms with E-state index in [2.05, 4.69) is 32.9 Å². The molecule has 2 aliphatic heterocycles. The zero-order valence-corrected chi connectivity index (χ0v) is 55.6. The molecule has 2 fully saturated rings. The van der Waals surface area contributed by atoms with Crippen LogP contribution >= 0.6 is 23.2 Å². The molecule has 6 atom stereocenters. The largest absolute Gasteiger partial charge is 0.355 e. The molecule has 0 aliphatic carbocycles. The molecule has 2 unspecified atom stereocenters. The van der Waals surface area contributed by atoms with Gasteiger partial charge in [0.2, 0.25) is 11.8 Å². The molecule has 20 heteroatoms. The van der Waals surface area contributed by atoms with Crippen LogP contribution in [0.3, 0.4) is 0 Å². The Morgan fingerprint density at radius 3 is 1.20 bits per heavy atom. The molecule has 0 bridgehead atoms. The average molecular weight is 1260 g/mol. The molecule has 4 aromatic heterocycles. The normalized spacial score (nSPS) is 17.8. The van der Waals surface area contributed by atoms with E-state index >= 15 is 0 Å². The zero-order valence-electron chi connectivity index (χ0n) is 52.4. The van der Waals surface area contributed by atoms with E-state index in [1.54, 1.807) is 31.4 Å². The van der Waals surface area contributed by atoms with Gasteiger partial charge in [-0.25, -0.2) is 28.7 Å². The Bertz CT molecular complexity index is 4040. The second-order valence-corrected chi connectivity index (χ2v) is 27.4. The lowest BCUT2D eigenvalue weighted by atomic mass is 9.97. The van der Waals surface area contributed by atoms with Crippen LogP contribution in [0.1, 0.15) is 101 Å². The van der Waals surface area contributed by atoms with Crippen LogP contribution in [-0.2, 0) is 31.2 Å².